The zero-order valence-electron chi connectivity index (χ0n) is 20.8. The number of ether oxygens (including phenoxy) is 1. The van der Waals surface area contributed by atoms with E-state index in [1.807, 2.05) is 6.92 Å². The molecule has 172 valence electrons. The van der Waals surface area contributed by atoms with Crippen molar-refractivity contribution >= 4 is 25.1 Å². The lowest BCUT2D eigenvalue weighted by atomic mass is 9.87. The van der Waals surface area contributed by atoms with E-state index < -0.39 is 8.24 Å². The van der Waals surface area contributed by atoms with Gasteiger partial charge in [0.05, 0.1) is 12.5 Å². The van der Waals surface area contributed by atoms with Crippen LogP contribution in [-0.2, 0) is 9.53 Å². The molecule has 1 heterocycles. The summed E-state index contributed by atoms with van der Waals surface area (Å²) in [4.78, 5) is 13.2. The van der Waals surface area contributed by atoms with Crippen molar-refractivity contribution in [3.8, 4) is 0 Å². The maximum atomic E-state index is 13.2. The highest BCUT2D eigenvalue weighted by Crippen LogP contribution is 2.46. The first-order valence-electron chi connectivity index (χ1n) is 12.5. The molecule has 1 aromatic heterocycles. The molecule has 4 heteroatoms. The lowest BCUT2D eigenvalue weighted by Gasteiger charge is -2.44. The van der Waals surface area contributed by atoms with E-state index >= 15 is 0 Å². The predicted molar refractivity (Wildman–Crippen MR) is 134 cm³/mol. The molecule has 1 fully saturated rings. The number of benzene rings is 1. The largest absolute Gasteiger partial charge is 0.466 e. The first-order valence-corrected chi connectivity index (χ1v) is 14.7. The van der Waals surface area contributed by atoms with Crippen LogP contribution in [0.4, 0.5) is 0 Å². The smallest absolute Gasteiger partial charge is 0.313 e. The quantitative estimate of drug-likeness (QED) is 0.292. The SMILES string of the molecule is CCOC(=O)C(CC1CCCC1)c1cn([Si](C(C)C)(C(C)C)C(C)C)c2ccccc12. The highest BCUT2D eigenvalue weighted by Gasteiger charge is 2.46. The highest BCUT2D eigenvalue weighted by atomic mass is 28.3. The van der Waals surface area contributed by atoms with Crippen molar-refractivity contribution in [2.75, 3.05) is 6.61 Å². The van der Waals surface area contributed by atoms with Gasteiger partial charge in [-0.3, -0.25) is 4.79 Å². The maximum absolute atomic E-state index is 13.2. The van der Waals surface area contributed by atoms with Crippen molar-refractivity contribution in [1.82, 2.24) is 4.23 Å². The molecule has 1 unspecified atom stereocenters. The number of fused-ring (bicyclic) bond motifs is 1. The van der Waals surface area contributed by atoms with Gasteiger partial charge in [0.1, 0.15) is 0 Å². The van der Waals surface area contributed by atoms with Crippen LogP contribution in [-0.4, -0.2) is 25.0 Å². The third-order valence-corrected chi connectivity index (χ3v) is 14.7. The van der Waals surface area contributed by atoms with Gasteiger partial charge >= 0.3 is 5.97 Å². The van der Waals surface area contributed by atoms with Crippen LogP contribution >= 0.6 is 0 Å². The van der Waals surface area contributed by atoms with Crippen molar-refractivity contribution < 1.29 is 9.53 Å². The summed E-state index contributed by atoms with van der Waals surface area (Å²) in [5.74, 6) is 0.439. The summed E-state index contributed by atoms with van der Waals surface area (Å²) in [6, 6.07) is 8.77. The van der Waals surface area contributed by atoms with E-state index in [0.29, 0.717) is 29.1 Å². The summed E-state index contributed by atoms with van der Waals surface area (Å²) in [5.41, 5.74) is 4.31. The lowest BCUT2D eigenvalue weighted by Crippen LogP contribution is -2.51. The van der Waals surface area contributed by atoms with Crippen molar-refractivity contribution in [2.24, 2.45) is 5.92 Å². The van der Waals surface area contributed by atoms with Crippen LogP contribution in [0.5, 0.6) is 0 Å². The number of para-hydroxylation sites is 1. The number of nitrogens with zero attached hydrogens (tertiary/aromatic N) is 1. The molecule has 3 nitrogen and oxygen atoms in total. The number of rotatable bonds is 9. The molecule has 1 aliphatic rings. The average Bonchev–Trinajstić information content (AvgIpc) is 3.34. The van der Waals surface area contributed by atoms with E-state index in [2.05, 4.69) is 76.2 Å². The molecular formula is C27H43NO2Si. The van der Waals surface area contributed by atoms with Gasteiger partial charge in [0, 0.05) is 17.1 Å². The van der Waals surface area contributed by atoms with Gasteiger partial charge in [-0.2, -0.15) is 0 Å². The van der Waals surface area contributed by atoms with Crippen LogP contribution in [0.15, 0.2) is 30.5 Å². The van der Waals surface area contributed by atoms with Gasteiger partial charge in [0.25, 0.3) is 0 Å². The average molecular weight is 442 g/mol. The van der Waals surface area contributed by atoms with Gasteiger partial charge in [-0.25, -0.2) is 0 Å². The fourth-order valence-corrected chi connectivity index (χ4v) is 13.5. The van der Waals surface area contributed by atoms with Gasteiger partial charge in [0.2, 0.25) is 0 Å². The second kappa shape index (κ2) is 9.93. The van der Waals surface area contributed by atoms with Crippen LogP contribution in [0.3, 0.4) is 0 Å². The summed E-state index contributed by atoms with van der Waals surface area (Å²) in [6.07, 6.45) is 8.40. The fourth-order valence-electron chi connectivity index (χ4n) is 6.81. The summed E-state index contributed by atoms with van der Waals surface area (Å²) < 4.78 is 8.28. The summed E-state index contributed by atoms with van der Waals surface area (Å²) >= 11 is 0. The maximum Gasteiger partial charge on any atom is 0.313 e. The Bertz CT molecular complexity index is 855. The molecule has 0 amide bonds. The molecule has 31 heavy (non-hydrogen) atoms. The summed E-state index contributed by atoms with van der Waals surface area (Å²) in [7, 11) is -1.93. The van der Waals surface area contributed by atoms with Gasteiger partial charge in [-0.05, 0) is 47.5 Å². The molecular weight excluding hydrogens is 398 g/mol. The minimum absolute atomic E-state index is 0.0387. The standard InChI is InChI=1S/C27H43NO2Si/c1-8-30-27(29)24(17-22-13-9-10-14-22)25-18-28(26-16-12-11-15-23(25)26)31(19(2)3,20(4)5)21(6)7/h11-12,15-16,18-22,24H,8-10,13-14,17H2,1-7H3. The second-order valence-corrected chi connectivity index (χ2v) is 16.2. The fraction of sp³-hybridized carbons (Fsp3) is 0.667. The number of hydrogen-bond donors (Lipinski definition) is 0. The van der Waals surface area contributed by atoms with Crippen LogP contribution in [0.1, 0.15) is 92.1 Å². The molecule has 0 radical (unpaired) electrons. The second-order valence-electron chi connectivity index (χ2n) is 10.5. The minimum Gasteiger partial charge on any atom is -0.466 e. The molecule has 0 spiro atoms. The number of aromatic nitrogens is 1. The first-order chi connectivity index (χ1) is 14.7. The number of carbonyl (C=O) groups is 1. The number of hydrogen-bond acceptors (Lipinski definition) is 2. The number of esters is 1. The van der Waals surface area contributed by atoms with Crippen molar-refractivity contribution in [2.45, 2.75) is 103 Å². The number of carbonyl (C=O) groups excluding carboxylic acids is 1. The van der Waals surface area contributed by atoms with Gasteiger partial charge in [-0.15, -0.1) is 0 Å². The van der Waals surface area contributed by atoms with Gasteiger partial charge in [0.15, 0.2) is 8.24 Å². The van der Waals surface area contributed by atoms with Crippen molar-refractivity contribution in [3.05, 3.63) is 36.0 Å². The van der Waals surface area contributed by atoms with E-state index in [1.165, 1.54) is 42.1 Å². The Labute approximate surface area is 190 Å². The Morgan fingerprint density at radius 2 is 1.61 bits per heavy atom. The Hall–Kier alpha value is -1.55. The molecule has 0 aliphatic heterocycles. The topological polar surface area (TPSA) is 31.2 Å². The van der Waals surface area contributed by atoms with E-state index in [9.17, 15) is 4.79 Å². The van der Waals surface area contributed by atoms with Crippen molar-refractivity contribution in [1.29, 1.82) is 0 Å². The van der Waals surface area contributed by atoms with E-state index in [-0.39, 0.29) is 11.9 Å². The van der Waals surface area contributed by atoms with E-state index in [1.54, 1.807) is 0 Å². The zero-order valence-corrected chi connectivity index (χ0v) is 21.8. The molecule has 1 aromatic carbocycles. The van der Waals surface area contributed by atoms with Gasteiger partial charge in [-0.1, -0.05) is 85.4 Å². The van der Waals surface area contributed by atoms with E-state index in [0.717, 1.165) is 6.42 Å². The Kier molecular flexibility index (Phi) is 7.72. The van der Waals surface area contributed by atoms with Crippen LogP contribution in [0.25, 0.3) is 10.9 Å². The third-order valence-electron chi connectivity index (χ3n) is 7.92. The Balaban J connectivity index is 2.21. The summed E-state index contributed by atoms with van der Waals surface area (Å²) in [5, 5.41) is 1.25. The minimum atomic E-state index is -1.93. The zero-order chi connectivity index (χ0) is 22.8. The molecule has 1 atom stereocenters. The van der Waals surface area contributed by atoms with Crippen LogP contribution in [0.2, 0.25) is 16.6 Å². The molecule has 0 saturated heterocycles. The lowest BCUT2D eigenvalue weighted by molar-refractivity contribution is -0.145. The van der Waals surface area contributed by atoms with Gasteiger partial charge < -0.3 is 8.97 Å². The molecule has 3 rings (SSSR count). The highest BCUT2D eigenvalue weighted by molar-refractivity contribution is 6.82. The van der Waals surface area contributed by atoms with Crippen LogP contribution < -0.4 is 0 Å². The Morgan fingerprint density at radius 1 is 1.03 bits per heavy atom. The Morgan fingerprint density at radius 3 is 2.16 bits per heavy atom. The molecule has 0 bridgehead atoms. The molecule has 0 N–H and O–H groups in total. The van der Waals surface area contributed by atoms with Crippen molar-refractivity contribution in [3.63, 3.8) is 0 Å². The monoisotopic (exact) mass is 441 g/mol. The molecule has 2 aromatic rings. The van der Waals surface area contributed by atoms with E-state index in [4.69, 9.17) is 4.74 Å². The first kappa shape index (κ1) is 24.1. The van der Waals surface area contributed by atoms with Crippen LogP contribution in [0, 0.1) is 5.92 Å². The molecule has 1 saturated carbocycles. The predicted octanol–water partition coefficient (Wildman–Crippen LogP) is 7.89. The molecule has 1 aliphatic carbocycles. The third kappa shape index (κ3) is 4.37. The normalized spacial score (nSPS) is 16.7. The summed E-state index contributed by atoms with van der Waals surface area (Å²) in [6.45, 7) is 16.8.